The van der Waals surface area contributed by atoms with Crippen molar-refractivity contribution in [1.82, 2.24) is 0 Å². The van der Waals surface area contributed by atoms with E-state index in [0.717, 1.165) is 18.4 Å². The molecule has 6 heteroatoms. The molecule has 27 heavy (non-hydrogen) atoms. The second-order valence-electron chi connectivity index (χ2n) is 7.23. The highest BCUT2D eigenvalue weighted by molar-refractivity contribution is 5.98. The maximum absolute atomic E-state index is 13.5. The molecule has 1 aliphatic heterocycles. The molecule has 0 saturated carbocycles. The first-order valence-electron chi connectivity index (χ1n) is 8.80. The van der Waals surface area contributed by atoms with E-state index >= 15 is 0 Å². The van der Waals surface area contributed by atoms with Gasteiger partial charge in [-0.15, -0.1) is 0 Å². The van der Waals surface area contributed by atoms with E-state index in [1.165, 1.54) is 14.2 Å². The van der Waals surface area contributed by atoms with Gasteiger partial charge in [-0.25, -0.2) is 0 Å². The third kappa shape index (κ3) is 2.59. The minimum atomic E-state index is -0.383. The van der Waals surface area contributed by atoms with Gasteiger partial charge in [0.05, 0.1) is 21.3 Å². The molecule has 4 rings (SSSR count). The number of hydrogen-bond donors (Lipinski definition) is 0. The van der Waals surface area contributed by atoms with E-state index in [0.29, 0.717) is 44.9 Å². The van der Waals surface area contributed by atoms with Gasteiger partial charge >= 0.3 is 0 Å². The van der Waals surface area contributed by atoms with Gasteiger partial charge in [-0.2, -0.15) is 0 Å². The van der Waals surface area contributed by atoms with Gasteiger partial charge in [0.15, 0.2) is 11.5 Å². The Morgan fingerprint density at radius 3 is 2.37 bits per heavy atom. The first kappa shape index (κ1) is 17.5. The van der Waals surface area contributed by atoms with Crippen LogP contribution in [0.1, 0.15) is 25.8 Å². The van der Waals surface area contributed by atoms with Gasteiger partial charge in [0, 0.05) is 11.6 Å². The van der Waals surface area contributed by atoms with Crippen molar-refractivity contribution in [2.24, 2.45) is 0 Å². The molecule has 0 atom stereocenters. The Bertz CT molecular complexity index is 1110. The molecule has 2 aromatic carbocycles. The Hall–Kier alpha value is -2.89. The van der Waals surface area contributed by atoms with Gasteiger partial charge in [0.2, 0.25) is 5.43 Å². The Morgan fingerprint density at radius 1 is 0.963 bits per heavy atom. The molecule has 0 fully saturated rings. The maximum Gasteiger partial charge on any atom is 0.208 e. The van der Waals surface area contributed by atoms with Crippen molar-refractivity contribution in [3.63, 3.8) is 0 Å². The first-order chi connectivity index (χ1) is 12.9. The average Bonchev–Trinajstić information content (AvgIpc) is 2.65. The molecule has 0 spiro atoms. The largest absolute Gasteiger partial charge is 0.496 e. The highest BCUT2D eigenvalue weighted by Crippen LogP contribution is 2.44. The number of ether oxygens (including phenoxy) is 4. The third-order valence-electron chi connectivity index (χ3n) is 5.06. The van der Waals surface area contributed by atoms with Gasteiger partial charge in [-0.1, -0.05) is 0 Å². The van der Waals surface area contributed by atoms with Gasteiger partial charge in [-0.3, -0.25) is 4.79 Å². The zero-order valence-corrected chi connectivity index (χ0v) is 16.1. The lowest BCUT2D eigenvalue weighted by Gasteiger charge is -2.33. The fourth-order valence-electron chi connectivity index (χ4n) is 3.69. The number of benzene rings is 2. The van der Waals surface area contributed by atoms with Crippen LogP contribution in [0.4, 0.5) is 0 Å². The van der Waals surface area contributed by atoms with Gasteiger partial charge in [0.1, 0.15) is 39.0 Å². The quantitative estimate of drug-likeness (QED) is 0.647. The molecule has 1 aliphatic rings. The summed E-state index contributed by atoms with van der Waals surface area (Å²) in [4.78, 5) is 13.5. The zero-order valence-electron chi connectivity index (χ0n) is 16.1. The Labute approximate surface area is 156 Å². The Balaban J connectivity index is 2.18. The molecule has 142 valence electrons. The summed E-state index contributed by atoms with van der Waals surface area (Å²) in [6.07, 6.45) is 1.59. The van der Waals surface area contributed by atoms with Crippen LogP contribution in [0.5, 0.6) is 23.0 Å². The van der Waals surface area contributed by atoms with Gasteiger partial charge in [-0.05, 0) is 38.8 Å². The van der Waals surface area contributed by atoms with Crippen LogP contribution in [-0.4, -0.2) is 26.9 Å². The van der Waals surface area contributed by atoms with Crippen LogP contribution in [0.3, 0.4) is 0 Å². The highest BCUT2D eigenvalue weighted by atomic mass is 16.5. The van der Waals surface area contributed by atoms with Crippen molar-refractivity contribution in [1.29, 1.82) is 0 Å². The fourth-order valence-corrected chi connectivity index (χ4v) is 3.69. The summed E-state index contributed by atoms with van der Waals surface area (Å²) in [7, 11) is 4.64. The van der Waals surface area contributed by atoms with E-state index in [1.54, 1.807) is 25.3 Å². The molecule has 6 nitrogen and oxygen atoms in total. The summed E-state index contributed by atoms with van der Waals surface area (Å²) in [5.74, 6) is 2.02. The van der Waals surface area contributed by atoms with Crippen molar-refractivity contribution in [2.45, 2.75) is 32.3 Å². The molecular weight excluding hydrogens is 348 g/mol. The molecule has 0 bridgehead atoms. The van der Waals surface area contributed by atoms with E-state index in [2.05, 4.69) is 0 Å². The van der Waals surface area contributed by atoms with Crippen LogP contribution in [-0.2, 0) is 6.42 Å². The van der Waals surface area contributed by atoms with Crippen LogP contribution in [0.15, 0.2) is 27.4 Å². The summed E-state index contributed by atoms with van der Waals surface area (Å²) in [6, 6.07) is 5.17. The summed E-state index contributed by atoms with van der Waals surface area (Å²) in [6.45, 7) is 4.01. The predicted molar refractivity (Wildman–Crippen MR) is 103 cm³/mol. The van der Waals surface area contributed by atoms with Crippen molar-refractivity contribution >= 4 is 21.9 Å². The minimum absolute atomic E-state index is 0.210. The molecule has 0 N–H and O–H groups in total. The van der Waals surface area contributed by atoms with Crippen LogP contribution < -0.4 is 24.4 Å². The summed E-state index contributed by atoms with van der Waals surface area (Å²) in [5.41, 5.74) is 1.14. The second kappa shape index (κ2) is 6.08. The summed E-state index contributed by atoms with van der Waals surface area (Å²) in [5, 5.41) is 0.737. The van der Waals surface area contributed by atoms with E-state index < -0.39 is 0 Å². The van der Waals surface area contributed by atoms with Crippen molar-refractivity contribution in [3.8, 4) is 23.0 Å². The molecule has 0 aliphatic carbocycles. The number of rotatable bonds is 3. The first-order valence-corrected chi connectivity index (χ1v) is 8.80. The average molecular weight is 370 g/mol. The van der Waals surface area contributed by atoms with Crippen LogP contribution >= 0.6 is 0 Å². The molecular formula is C21H22O6. The SMILES string of the molecule is COc1cc2oc3ccc(OC)c(OC)c3c(=O)c2c2c1CCC(C)(C)O2. The Kier molecular flexibility index (Phi) is 3.94. The highest BCUT2D eigenvalue weighted by Gasteiger charge is 2.32. The molecule has 0 amide bonds. The predicted octanol–water partition coefficient (Wildman–Crippen LogP) is 4.08. The van der Waals surface area contributed by atoms with Crippen LogP contribution in [0.25, 0.3) is 21.9 Å². The molecule has 3 aromatic rings. The zero-order chi connectivity index (χ0) is 19.3. The van der Waals surface area contributed by atoms with Crippen molar-refractivity contribution in [2.75, 3.05) is 21.3 Å². The molecule has 0 saturated heterocycles. The van der Waals surface area contributed by atoms with Crippen LogP contribution in [0.2, 0.25) is 0 Å². The minimum Gasteiger partial charge on any atom is -0.496 e. The lowest BCUT2D eigenvalue weighted by Crippen LogP contribution is -2.33. The number of methoxy groups -OCH3 is 3. The lowest BCUT2D eigenvalue weighted by atomic mass is 9.92. The molecule has 2 heterocycles. The van der Waals surface area contributed by atoms with E-state index in [-0.39, 0.29) is 11.0 Å². The molecule has 0 unspecified atom stereocenters. The normalized spacial score (nSPS) is 15.3. The van der Waals surface area contributed by atoms with E-state index in [4.69, 9.17) is 23.4 Å². The number of fused-ring (bicyclic) bond motifs is 4. The van der Waals surface area contributed by atoms with E-state index in [9.17, 15) is 4.79 Å². The fraction of sp³-hybridized carbons (Fsp3) is 0.381. The number of hydrogen-bond acceptors (Lipinski definition) is 6. The van der Waals surface area contributed by atoms with E-state index in [1.807, 2.05) is 13.8 Å². The topological polar surface area (TPSA) is 67.1 Å². The summed E-state index contributed by atoms with van der Waals surface area (Å²) < 4.78 is 28.6. The van der Waals surface area contributed by atoms with Crippen molar-refractivity contribution < 1.29 is 23.4 Å². The maximum atomic E-state index is 13.5. The molecule has 0 radical (unpaired) electrons. The monoisotopic (exact) mass is 370 g/mol. The standard InChI is InChI=1S/C21H22O6/c1-21(2)9-8-11-14(24-4)10-15-17(19(11)27-21)18(22)16-12(26-15)6-7-13(23-3)20(16)25-5/h6-7,10H,8-9H2,1-5H3. The van der Waals surface area contributed by atoms with Gasteiger partial charge < -0.3 is 23.4 Å². The van der Waals surface area contributed by atoms with Gasteiger partial charge in [0.25, 0.3) is 0 Å². The molecule has 1 aromatic heterocycles. The third-order valence-corrected chi connectivity index (χ3v) is 5.06. The smallest absolute Gasteiger partial charge is 0.208 e. The van der Waals surface area contributed by atoms with Crippen LogP contribution in [0, 0.1) is 0 Å². The Morgan fingerprint density at radius 2 is 1.70 bits per heavy atom. The lowest BCUT2D eigenvalue weighted by molar-refractivity contribution is 0.0857. The van der Waals surface area contributed by atoms with Crippen molar-refractivity contribution in [3.05, 3.63) is 34.0 Å². The summed E-state index contributed by atoms with van der Waals surface area (Å²) >= 11 is 0. The second-order valence-corrected chi connectivity index (χ2v) is 7.23.